The Labute approximate surface area is 171 Å². The lowest BCUT2D eigenvalue weighted by Gasteiger charge is -2.07. The maximum Gasteiger partial charge on any atom is 0.237 e. The van der Waals surface area contributed by atoms with Crippen molar-refractivity contribution >= 4 is 11.8 Å². The predicted molar refractivity (Wildman–Crippen MR) is 109 cm³/mol. The van der Waals surface area contributed by atoms with Gasteiger partial charge in [-0.25, -0.2) is 4.98 Å². The highest BCUT2D eigenvalue weighted by Gasteiger charge is 2.14. The molecule has 0 aliphatic rings. The molecule has 0 bridgehead atoms. The molecular weight excluding hydrogens is 390 g/mol. The van der Waals surface area contributed by atoms with E-state index in [0.717, 1.165) is 11.1 Å². The van der Waals surface area contributed by atoms with Crippen LogP contribution in [0.15, 0.2) is 52.1 Å². The molecular formula is C20H19N5O3S. The molecule has 0 amide bonds. The average Bonchev–Trinajstić information content (AvgIpc) is 3.42. The number of ether oxygens (including phenoxy) is 2. The minimum absolute atomic E-state index is 0.468. The van der Waals surface area contributed by atoms with Crippen LogP contribution in [0.1, 0.15) is 11.5 Å². The van der Waals surface area contributed by atoms with Gasteiger partial charge in [0.2, 0.25) is 16.9 Å². The summed E-state index contributed by atoms with van der Waals surface area (Å²) in [5.74, 6) is 3.52. The van der Waals surface area contributed by atoms with Crippen molar-refractivity contribution in [1.82, 2.24) is 25.3 Å². The highest BCUT2D eigenvalue weighted by molar-refractivity contribution is 7.98. The Morgan fingerprint density at radius 3 is 2.62 bits per heavy atom. The molecule has 8 nitrogen and oxygen atoms in total. The third kappa shape index (κ3) is 4.24. The molecule has 0 atom stereocenters. The van der Waals surface area contributed by atoms with E-state index >= 15 is 0 Å². The van der Waals surface area contributed by atoms with Crippen LogP contribution >= 0.6 is 11.8 Å². The molecule has 9 heteroatoms. The minimum atomic E-state index is 0.468. The van der Waals surface area contributed by atoms with E-state index in [9.17, 15) is 0 Å². The van der Waals surface area contributed by atoms with Crippen LogP contribution in [0.3, 0.4) is 0 Å². The summed E-state index contributed by atoms with van der Waals surface area (Å²) in [7, 11) is 3.21. The van der Waals surface area contributed by atoms with E-state index in [1.807, 2.05) is 43.3 Å². The van der Waals surface area contributed by atoms with Crippen LogP contribution in [0.2, 0.25) is 0 Å². The van der Waals surface area contributed by atoms with Gasteiger partial charge in [0.1, 0.15) is 11.5 Å². The molecule has 4 aromatic rings. The van der Waals surface area contributed by atoms with Gasteiger partial charge in [-0.2, -0.15) is 4.98 Å². The van der Waals surface area contributed by atoms with Crippen molar-refractivity contribution < 1.29 is 14.0 Å². The molecule has 4 rings (SSSR count). The van der Waals surface area contributed by atoms with E-state index in [2.05, 4.69) is 25.3 Å². The van der Waals surface area contributed by atoms with Gasteiger partial charge in [-0.15, -0.1) is 5.10 Å². The van der Waals surface area contributed by atoms with E-state index < -0.39 is 0 Å². The molecule has 0 spiro atoms. The molecule has 0 saturated carbocycles. The zero-order chi connectivity index (χ0) is 20.2. The number of H-pyrrole nitrogens is 1. The lowest BCUT2D eigenvalue weighted by Crippen LogP contribution is -1.91. The molecule has 0 fully saturated rings. The van der Waals surface area contributed by atoms with E-state index in [1.165, 1.54) is 17.3 Å². The first-order valence-electron chi connectivity index (χ1n) is 8.83. The Bertz CT molecular complexity index is 1110. The van der Waals surface area contributed by atoms with Gasteiger partial charge in [-0.05, 0) is 19.1 Å². The van der Waals surface area contributed by atoms with Crippen molar-refractivity contribution in [1.29, 1.82) is 0 Å². The van der Waals surface area contributed by atoms with Crippen LogP contribution < -0.4 is 9.47 Å². The topological polar surface area (TPSA) is 99.0 Å². The van der Waals surface area contributed by atoms with Gasteiger partial charge in [0.05, 0.1) is 25.5 Å². The molecule has 0 saturated heterocycles. The normalized spacial score (nSPS) is 10.9. The van der Waals surface area contributed by atoms with Crippen LogP contribution in [-0.4, -0.2) is 39.5 Å². The first kappa shape index (κ1) is 19.0. The highest BCUT2D eigenvalue weighted by Crippen LogP contribution is 2.32. The molecule has 0 aliphatic heterocycles. The fraction of sp³-hybridized carbons (Fsp3) is 0.200. The third-order valence-corrected chi connectivity index (χ3v) is 5.06. The SMILES string of the molecule is COc1ccc(-c2nc(SCc3nc(-c4ccc(C)cc4)no3)n[nH]2)c(OC)c1. The molecule has 2 aromatic carbocycles. The van der Waals surface area contributed by atoms with Crippen molar-refractivity contribution in [2.45, 2.75) is 17.8 Å². The monoisotopic (exact) mass is 409 g/mol. The van der Waals surface area contributed by atoms with Gasteiger partial charge < -0.3 is 14.0 Å². The van der Waals surface area contributed by atoms with E-state index in [0.29, 0.717) is 39.9 Å². The fourth-order valence-corrected chi connectivity index (χ4v) is 3.32. The maximum absolute atomic E-state index is 5.43. The van der Waals surface area contributed by atoms with Gasteiger partial charge in [0.15, 0.2) is 5.82 Å². The van der Waals surface area contributed by atoms with Gasteiger partial charge >= 0.3 is 0 Å². The van der Waals surface area contributed by atoms with Crippen LogP contribution in [0.4, 0.5) is 0 Å². The number of aromatic amines is 1. The van der Waals surface area contributed by atoms with Crippen LogP contribution in [-0.2, 0) is 5.75 Å². The van der Waals surface area contributed by atoms with Crippen molar-refractivity contribution in [3.63, 3.8) is 0 Å². The highest BCUT2D eigenvalue weighted by atomic mass is 32.2. The molecule has 0 aliphatic carbocycles. The number of aromatic nitrogens is 5. The smallest absolute Gasteiger partial charge is 0.237 e. The number of nitrogens with one attached hydrogen (secondary N) is 1. The Morgan fingerprint density at radius 2 is 1.86 bits per heavy atom. The average molecular weight is 409 g/mol. The van der Waals surface area contributed by atoms with E-state index in [1.54, 1.807) is 20.3 Å². The number of thioether (sulfide) groups is 1. The number of aryl methyl sites for hydroxylation is 1. The third-order valence-electron chi connectivity index (χ3n) is 4.23. The van der Waals surface area contributed by atoms with Crippen molar-refractivity contribution in [3.8, 4) is 34.3 Å². The largest absolute Gasteiger partial charge is 0.497 e. The Morgan fingerprint density at radius 1 is 1.03 bits per heavy atom. The molecule has 29 heavy (non-hydrogen) atoms. The second-order valence-corrected chi connectivity index (χ2v) is 7.14. The number of benzene rings is 2. The van der Waals surface area contributed by atoms with Gasteiger partial charge in [-0.3, -0.25) is 5.10 Å². The molecule has 2 aromatic heterocycles. The van der Waals surface area contributed by atoms with E-state index in [-0.39, 0.29) is 0 Å². The molecule has 1 N–H and O–H groups in total. The number of nitrogens with zero attached hydrogens (tertiary/aromatic N) is 4. The summed E-state index contributed by atoms with van der Waals surface area (Å²) in [4.78, 5) is 8.96. The first-order chi connectivity index (χ1) is 14.2. The summed E-state index contributed by atoms with van der Waals surface area (Å²) >= 11 is 1.41. The zero-order valence-electron chi connectivity index (χ0n) is 16.2. The van der Waals surface area contributed by atoms with Gasteiger partial charge in [0, 0.05) is 11.6 Å². The fourth-order valence-electron chi connectivity index (χ4n) is 2.69. The van der Waals surface area contributed by atoms with Crippen LogP contribution in [0.5, 0.6) is 11.5 Å². The van der Waals surface area contributed by atoms with Crippen molar-refractivity contribution in [2.24, 2.45) is 0 Å². The molecule has 0 radical (unpaired) electrons. The Hall–Kier alpha value is -3.33. The Balaban J connectivity index is 1.45. The summed E-state index contributed by atoms with van der Waals surface area (Å²) in [5, 5.41) is 11.8. The van der Waals surface area contributed by atoms with Crippen LogP contribution in [0.25, 0.3) is 22.8 Å². The molecule has 0 unspecified atom stereocenters. The zero-order valence-corrected chi connectivity index (χ0v) is 17.0. The van der Waals surface area contributed by atoms with Gasteiger partial charge in [-0.1, -0.05) is 46.7 Å². The van der Waals surface area contributed by atoms with Crippen molar-refractivity contribution in [3.05, 3.63) is 53.9 Å². The second kappa shape index (κ2) is 8.36. The number of hydrogen-bond acceptors (Lipinski definition) is 8. The standard InChI is InChI=1S/C20H19N5O3S/c1-12-4-6-13(7-5-12)18-21-17(28-25-18)11-29-20-22-19(23-24-20)15-9-8-14(26-2)10-16(15)27-3/h4-10H,11H2,1-3H3,(H,22,23,24). The summed E-state index contributed by atoms with van der Waals surface area (Å²) in [6.07, 6.45) is 0. The number of methoxy groups -OCH3 is 2. The van der Waals surface area contributed by atoms with Crippen LogP contribution in [0, 0.1) is 6.92 Å². The lowest BCUT2D eigenvalue weighted by atomic mass is 10.1. The summed E-state index contributed by atoms with van der Waals surface area (Å²) < 4.78 is 16.0. The summed E-state index contributed by atoms with van der Waals surface area (Å²) in [6.45, 7) is 2.04. The maximum atomic E-state index is 5.43. The number of rotatable bonds is 7. The van der Waals surface area contributed by atoms with Gasteiger partial charge in [0.25, 0.3) is 0 Å². The number of hydrogen-bond donors (Lipinski definition) is 1. The lowest BCUT2D eigenvalue weighted by molar-refractivity contribution is 0.391. The molecule has 148 valence electrons. The quantitative estimate of drug-likeness (QED) is 0.455. The summed E-state index contributed by atoms with van der Waals surface area (Å²) in [5.41, 5.74) is 2.90. The first-order valence-corrected chi connectivity index (χ1v) is 9.82. The van der Waals surface area contributed by atoms with Crippen molar-refractivity contribution in [2.75, 3.05) is 14.2 Å². The minimum Gasteiger partial charge on any atom is -0.497 e. The summed E-state index contributed by atoms with van der Waals surface area (Å²) in [6, 6.07) is 13.5. The van der Waals surface area contributed by atoms with E-state index in [4.69, 9.17) is 14.0 Å². The predicted octanol–water partition coefficient (Wildman–Crippen LogP) is 4.14. The second-order valence-electron chi connectivity index (χ2n) is 6.20. The molecule has 2 heterocycles. The Kier molecular flexibility index (Phi) is 5.48.